The lowest BCUT2D eigenvalue weighted by molar-refractivity contribution is -0.124. The van der Waals surface area contributed by atoms with Gasteiger partial charge in [-0.05, 0) is 11.8 Å². The van der Waals surface area contributed by atoms with Gasteiger partial charge in [0.15, 0.2) is 0 Å². The number of carbonyl (C=O) groups is 2. The Labute approximate surface area is 170 Å². The van der Waals surface area contributed by atoms with E-state index in [0.717, 1.165) is 0 Å². The highest BCUT2D eigenvalue weighted by Gasteiger charge is 2.28. The van der Waals surface area contributed by atoms with Crippen molar-refractivity contribution < 1.29 is 22.8 Å². The molecule has 30 heavy (non-hydrogen) atoms. The average molecular weight is 436 g/mol. The van der Waals surface area contributed by atoms with E-state index in [1.807, 2.05) is 13.8 Å². The summed E-state index contributed by atoms with van der Waals surface area (Å²) in [6, 6.07) is -1.33. The molecule has 0 aliphatic carbocycles. The van der Waals surface area contributed by atoms with Crippen LogP contribution in [0.5, 0.6) is 0 Å². The molecule has 1 rings (SSSR count). The first kappa shape index (κ1) is 25.0. The second-order valence-electron chi connectivity index (χ2n) is 7.62. The molecule has 1 aromatic rings. The second kappa shape index (κ2) is 10.2. The zero-order valence-electron chi connectivity index (χ0n) is 17.2. The number of urea groups is 1. The van der Waals surface area contributed by atoms with Crippen LogP contribution in [0.2, 0.25) is 0 Å². The van der Waals surface area contributed by atoms with Crippen LogP contribution in [0.3, 0.4) is 0 Å². The minimum Gasteiger partial charge on any atom is -0.383 e. The van der Waals surface area contributed by atoms with Crippen molar-refractivity contribution in [1.82, 2.24) is 20.2 Å². The van der Waals surface area contributed by atoms with E-state index in [1.165, 1.54) is 14.8 Å². The van der Waals surface area contributed by atoms with Gasteiger partial charge in [0.05, 0.1) is 6.54 Å². The van der Waals surface area contributed by atoms with Crippen LogP contribution < -0.4 is 32.5 Å². The van der Waals surface area contributed by atoms with Gasteiger partial charge in [0.2, 0.25) is 5.91 Å². The molecule has 10 nitrogen and oxygen atoms in total. The number of nitrogens with zero attached hydrogens (tertiary/aromatic N) is 2. The smallest absolute Gasteiger partial charge is 0.383 e. The summed E-state index contributed by atoms with van der Waals surface area (Å²) in [5, 5.41) is 3.29. The number of hydrogen-bond donors (Lipinski definition) is 4. The number of aromatic nitrogens is 2. The van der Waals surface area contributed by atoms with Gasteiger partial charge in [-0.15, -0.1) is 0 Å². The Morgan fingerprint density at radius 3 is 2.27 bits per heavy atom. The van der Waals surface area contributed by atoms with Gasteiger partial charge in [0, 0.05) is 13.1 Å². The number of nitrogens with two attached hydrogens (primary N) is 1. The van der Waals surface area contributed by atoms with Crippen LogP contribution in [-0.2, 0) is 11.3 Å². The van der Waals surface area contributed by atoms with Crippen molar-refractivity contribution in [3.05, 3.63) is 20.8 Å². The first-order valence-corrected chi connectivity index (χ1v) is 9.23. The van der Waals surface area contributed by atoms with Crippen LogP contribution in [-0.4, -0.2) is 47.3 Å². The van der Waals surface area contributed by atoms with Gasteiger partial charge in [-0.25, -0.2) is 9.59 Å². The Bertz CT molecular complexity index is 876. The maximum Gasteiger partial charge on any atom is 0.405 e. The monoisotopic (exact) mass is 436 g/mol. The SMILES string of the molecule is CC(C)CN(CC(=O)NC(=O)NCC(F)(F)F)c1c(N)n(CC(C)C)c(=O)[nH]c1=O. The fourth-order valence-corrected chi connectivity index (χ4v) is 2.67. The number of alkyl halides is 3. The Morgan fingerprint density at radius 1 is 1.17 bits per heavy atom. The molecule has 0 radical (unpaired) electrons. The number of imide groups is 1. The third-order valence-corrected chi connectivity index (χ3v) is 3.70. The Balaban J connectivity index is 3.13. The number of nitrogens with one attached hydrogen (secondary N) is 3. The number of carbonyl (C=O) groups excluding carboxylic acids is 2. The Hall–Kier alpha value is -2.99. The van der Waals surface area contributed by atoms with Crippen molar-refractivity contribution in [2.45, 2.75) is 40.4 Å². The second-order valence-corrected chi connectivity index (χ2v) is 7.62. The summed E-state index contributed by atoms with van der Waals surface area (Å²) in [4.78, 5) is 51.6. The third-order valence-electron chi connectivity index (χ3n) is 3.70. The molecular weight excluding hydrogens is 409 g/mol. The van der Waals surface area contributed by atoms with E-state index in [1.54, 1.807) is 19.2 Å². The van der Waals surface area contributed by atoms with E-state index in [4.69, 9.17) is 5.73 Å². The molecule has 0 unspecified atom stereocenters. The Kier molecular flexibility index (Phi) is 8.49. The van der Waals surface area contributed by atoms with Gasteiger partial charge in [0.25, 0.3) is 5.56 Å². The largest absolute Gasteiger partial charge is 0.405 e. The fourth-order valence-electron chi connectivity index (χ4n) is 2.67. The lowest BCUT2D eigenvalue weighted by Crippen LogP contribution is -2.48. The molecule has 3 amide bonds. The molecule has 13 heteroatoms. The van der Waals surface area contributed by atoms with E-state index in [0.29, 0.717) is 0 Å². The highest BCUT2D eigenvalue weighted by Crippen LogP contribution is 2.18. The van der Waals surface area contributed by atoms with Crippen LogP contribution in [0.25, 0.3) is 0 Å². The molecule has 0 fully saturated rings. The van der Waals surface area contributed by atoms with Gasteiger partial charge >= 0.3 is 17.9 Å². The summed E-state index contributed by atoms with van der Waals surface area (Å²) >= 11 is 0. The number of rotatable bonds is 8. The third kappa shape index (κ3) is 7.79. The molecule has 0 bridgehead atoms. The summed E-state index contributed by atoms with van der Waals surface area (Å²) < 4.78 is 37.7. The predicted octanol–water partition coefficient (Wildman–Crippen LogP) is 0.625. The highest BCUT2D eigenvalue weighted by molar-refractivity contribution is 5.96. The maximum absolute atomic E-state index is 12.4. The van der Waals surface area contributed by atoms with Crippen molar-refractivity contribution in [2.75, 3.05) is 30.3 Å². The summed E-state index contributed by atoms with van der Waals surface area (Å²) in [5.41, 5.74) is 4.41. The van der Waals surface area contributed by atoms with E-state index in [-0.39, 0.29) is 36.4 Å². The van der Waals surface area contributed by atoms with Crippen LogP contribution in [0.15, 0.2) is 9.59 Å². The molecular formula is C17H27F3N6O4. The molecule has 1 heterocycles. The van der Waals surface area contributed by atoms with Crippen molar-refractivity contribution >= 4 is 23.4 Å². The predicted molar refractivity (Wildman–Crippen MR) is 105 cm³/mol. The van der Waals surface area contributed by atoms with Crippen molar-refractivity contribution in [1.29, 1.82) is 0 Å². The van der Waals surface area contributed by atoms with Gasteiger partial charge < -0.3 is 16.0 Å². The molecule has 1 aromatic heterocycles. The van der Waals surface area contributed by atoms with E-state index >= 15 is 0 Å². The summed E-state index contributed by atoms with van der Waals surface area (Å²) in [6.07, 6.45) is -4.63. The zero-order valence-corrected chi connectivity index (χ0v) is 17.2. The molecule has 0 spiro atoms. The fraction of sp³-hybridized carbons (Fsp3) is 0.647. The van der Waals surface area contributed by atoms with Crippen LogP contribution in [0.1, 0.15) is 27.7 Å². The summed E-state index contributed by atoms with van der Waals surface area (Å²) in [7, 11) is 0. The lowest BCUT2D eigenvalue weighted by atomic mass is 10.2. The van der Waals surface area contributed by atoms with Crippen molar-refractivity contribution in [3.63, 3.8) is 0 Å². The molecule has 0 aliphatic heterocycles. The highest BCUT2D eigenvalue weighted by atomic mass is 19.4. The first-order chi connectivity index (χ1) is 13.7. The molecule has 5 N–H and O–H groups in total. The van der Waals surface area contributed by atoms with Gasteiger partial charge in [-0.2, -0.15) is 13.2 Å². The molecule has 170 valence electrons. The van der Waals surface area contributed by atoms with Crippen molar-refractivity contribution in [3.8, 4) is 0 Å². The van der Waals surface area contributed by atoms with Crippen LogP contribution in [0, 0.1) is 11.8 Å². The lowest BCUT2D eigenvalue weighted by Gasteiger charge is -2.27. The minimum atomic E-state index is -4.63. The number of amides is 3. The molecule has 0 aliphatic rings. The number of H-pyrrole nitrogens is 1. The van der Waals surface area contributed by atoms with E-state index < -0.39 is 42.5 Å². The van der Waals surface area contributed by atoms with Gasteiger partial charge in [-0.3, -0.25) is 24.5 Å². The van der Waals surface area contributed by atoms with Crippen LogP contribution in [0.4, 0.5) is 29.5 Å². The number of halogens is 3. The van der Waals surface area contributed by atoms with Gasteiger partial charge in [-0.1, -0.05) is 27.7 Å². The Morgan fingerprint density at radius 2 is 1.77 bits per heavy atom. The maximum atomic E-state index is 12.4. The van der Waals surface area contributed by atoms with E-state index in [2.05, 4.69) is 4.98 Å². The number of nitrogen functional groups attached to an aromatic ring is 1. The zero-order chi connectivity index (χ0) is 23.2. The topological polar surface area (TPSA) is 142 Å². The summed E-state index contributed by atoms with van der Waals surface area (Å²) in [6.45, 7) is 5.52. The number of hydrogen-bond acceptors (Lipinski definition) is 6. The molecule has 0 saturated carbocycles. The minimum absolute atomic E-state index is 0.0305. The van der Waals surface area contributed by atoms with E-state index in [9.17, 15) is 32.3 Å². The van der Waals surface area contributed by atoms with Crippen molar-refractivity contribution in [2.24, 2.45) is 11.8 Å². The normalized spacial score (nSPS) is 11.6. The molecule has 0 atom stereocenters. The number of anilines is 2. The average Bonchev–Trinajstić information content (AvgIpc) is 2.55. The summed E-state index contributed by atoms with van der Waals surface area (Å²) in [5.74, 6) is -1.12. The quantitative estimate of drug-likeness (QED) is 0.471. The first-order valence-electron chi connectivity index (χ1n) is 9.23. The molecule has 0 saturated heterocycles. The molecule has 0 aromatic carbocycles. The number of aromatic amines is 1. The standard InChI is InChI=1S/C17H27F3N6O4/c1-9(2)5-25(7-11(27)23-15(29)22-8-17(18,19)20)12-13(21)26(6-10(3)4)16(30)24-14(12)28/h9-10H,5-8,21H2,1-4H3,(H,24,28,30)(H2,22,23,27,29). The van der Waals surface area contributed by atoms with Crippen LogP contribution >= 0.6 is 0 Å². The van der Waals surface area contributed by atoms with Gasteiger partial charge in [0.1, 0.15) is 18.1 Å².